The Morgan fingerprint density at radius 2 is 1.70 bits per heavy atom. The summed E-state index contributed by atoms with van der Waals surface area (Å²) in [6.45, 7) is 8.17. The number of aromatic nitrogens is 3. The number of carbonyl (C=O) groups excluding carboxylic acids is 2. The van der Waals surface area contributed by atoms with Crippen LogP contribution in [0.25, 0.3) is 5.69 Å². The molecule has 0 spiro atoms. The number of aryl methyl sites for hydroxylation is 2. The van der Waals surface area contributed by atoms with Gasteiger partial charge in [0, 0.05) is 29.4 Å². The smallest absolute Gasteiger partial charge is 0.251 e. The van der Waals surface area contributed by atoms with E-state index in [0.29, 0.717) is 40.3 Å². The monoisotopic (exact) mass is 640 g/mol. The number of benzene rings is 3. The summed E-state index contributed by atoms with van der Waals surface area (Å²) >= 11 is 7.47. The predicted molar refractivity (Wildman–Crippen MR) is 169 cm³/mol. The number of rotatable bonds is 12. The SMILES string of the molecule is CCN(CC)S(=O)(=O)c1ccc(C(=O)NCc2nnc(SCC(=O)Nc3cc(C)ccc3C)n2-c2cccc(Cl)c2)cc1. The fourth-order valence-corrected chi connectivity index (χ4v) is 6.74. The molecule has 0 bridgehead atoms. The van der Waals surface area contributed by atoms with Crippen molar-refractivity contribution in [1.82, 2.24) is 24.4 Å². The van der Waals surface area contributed by atoms with Gasteiger partial charge in [-0.1, -0.05) is 55.4 Å². The first-order valence-corrected chi connectivity index (χ1v) is 16.4. The Bertz CT molecular complexity index is 1720. The molecule has 2 N–H and O–H groups in total. The summed E-state index contributed by atoms with van der Waals surface area (Å²) in [6.07, 6.45) is 0. The first-order chi connectivity index (χ1) is 20.5. The van der Waals surface area contributed by atoms with Gasteiger partial charge in [-0.05, 0) is 73.5 Å². The maximum absolute atomic E-state index is 13.0. The zero-order valence-corrected chi connectivity index (χ0v) is 26.7. The van der Waals surface area contributed by atoms with Crippen LogP contribution in [0.5, 0.6) is 0 Å². The van der Waals surface area contributed by atoms with Crippen LogP contribution in [-0.4, -0.2) is 58.1 Å². The fraction of sp³-hybridized carbons (Fsp3) is 0.267. The van der Waals surface area contributed by atoms with Crippen molar-refractivity contribution in [2.75, 3.05) is 24.2 Å². The molecule has 226 valence electrons. The lowest BCUT2D eigenvalue weighted by Gasteiger charge is -2.18. The largest absolute Gasteiger partial charge is 0.345 e. The second kappa shape index (κ2) is 14.2. The zero-order valence-electron chi connectivity index (χ0n) is 24.3. The summed E-state index contributed by atoms with van der Waals surface area (Å²) in [6, 6.07) is 18.8. The van der Waals surface area contributed by atoms with Gasteiger partial charge in [-0.3, -0.25) is 14.2 Å². The Hall–Kier alpha value is -3.71. The van der Waals surface area contributed by atoms with Gasteiger partial charge in [-0.15, -0.1) is 10.2 Å². The van der Waals surface area contributed by atoms with Gasteiger partial charge < -0.3 is 10.6 Å². The molecule has 0 aliphatic carbocycles. The molecule has 13 heteroatoms. The summed E-state index contributed by atoms with van der Waals surface area (Å²) in [5, 5.41) is 15.3. The first-order valence-electron chi connectivity index (χ1n) is 13.6. The summed E-state index contributed by atoms with van der Waals surface area (Å²) in [5.41, 5.74) is 3.73. The normalized spacial score (nSPS) is 11.5. The maximum Gasteiger partial charge on any atom is 0.251 e. The maximum atomic E-state index is 13.0. The number of amides is 2. The van der Waals surface area contributed by atoms with Crippen LogP contribution >= 0.6 is 23.4 Å². The number of anilines is 1. The van der Waals surface area contributed by atoms with E-state index >= 15 is 0 Å². The number of hydrogen-bond donors (Lipinski definition) is 2. The van der Waals surface area contributed by atoms with Gasteiger partial charge in [0.05, 0.1) is 22.9 Å². The molecule has 4 aromatic rings. The highest BCUT2D eigenvalue weighted by Gasteiger charge is 2.22. The number of hydrogen-bond acceptors (Lipinski definition) is 7. The minimum Gasteiger partial charge on any atom is -0.345 e. The van der Waals surface area contributed by atoms with Gasteiger partial charge in [-0.2, -0.15) is 4.31 Å². The van der Waals surface area contributed by atoms with Crippen molar-refractivity contribution < 1.29 is 18.0 Å². The molecule has 1 heterocycles. The topological polar surface area (TPSA) is 126 Å². The standard InChI is InChI=1S/C30H33ClN6O4S2/c1-5-36(6-2)43(40,41)25-14-12-22(13-15-25)29(39)32-18-27-34-35-30(37(27)24-9-7-8-23(31)17-24)42-19-28(38)33-26-16-20(3)10-11-21(26)4/h7-17H,5-6,18-19H2,1-4H3,(H,32,39)(H,33,38). The third-order valence-electron chi connectivity index (χ3n) is 6.63. The molecular formula is C30H33ClN6O4S2. The van der Waals surface area contributed by atoms with Crippen LogP contribution in [0.3, 0.4) is 0 Å². The Kier molecular flexibility index (Phi) is 10.6. The lowest BCUT2D eigenvalue weighted by Crippen LogP contribution is -2.30. The van der Waals surface area contributed by atoms with Gasteiger partial charge in [-0.25, -0.2) is 8.42 Å². The molecule has 0 radical (unpaired) electrons. The van der Waals surface area contributed by atoms with Crippen LogP contribution in [0.15, 0.2) is 76.8 Å². The predicted octanol–water partition coefficient (Wildman–Crippen LogP) is 5.23. The van der Waals surface area contributed by atoms with Gasteiger partial charge >= 0.3 is 0 Å². The molecule has 4 rings (SSSR count). The molecule has 43 heavy (non-hydrogen) atoms. The lowest BCUT2D eigenvalue weighted by atomic mass is 10.1. The van der Waals surface area contributed by atoms with Crippen LogP contribution in [0.1, 0.15) is 41.2 Å². The average molecular weight is 641 g/mol. The van der Waals surface area contributed by atoms with Crippen molar-refractivity contribution in [3.8, 4) is 5.69 Å². The minimum absolute atomic E-state index is 0.0209. The van der Waals surface area contributed by atoms with E-state index in [1.54, 1.807) is 36.6 Å². The van der Waals surface area contributed by atoms with Crippen molar-refractivity contribution in [2.45, 2.75) is 44.3 Å². The third-order valence-corrected chi connectivity index (χ3v) is 9.86. The number of halogens is 1. The van der Waals surface area contributed by atoms with E-state index in [1.165, 1.54) is 40.3 Å². The fourth-order valence-electron chi connectivity index (χ4n) is 4.32. The Balaban J connectivity index is 1.49. The Morgan fingerprint density at radius 3 is 2.37 bits per heavy atom. The van der Waals surface area contributed by atoms with Gasteiger partial charge in [0.15, 0.2) is 11.0 Å². The third kappa shape index (κ3) is 7.82. The number of carbonyl (C=O) groups is 2. The molecule has 0 atom stereocenters. The van der Waals surface area contributed by atoms with E-state index < -0.39 is 15.9 Å². The van der Waals surface area contributed by atoms with E-state index in [0.717, 1.165) is 16.8 Å². The van der Waals surface area contributed by atoms with Crippen molar-refractivity contribution in [2.24, 2.45) is 0 Å². The van der Waals surface area contributed by atoms with E-state index in [1.807, 2.05) is 38.1 Å². The van der Waals surface area contributed by atoms with Crippen molar-refractivity contribution in [1.29, 1.82) is 0 Å². The van der Waals surface area contributed by atoms with E-state index in [2.05, 4.69) is 20.8 Å². The summed E-state index contributed by atoms with van der Waals surface area (Å²) < 4.78 is 28.6. The molecule has 0 unspecified atom stereocenters. The molecule has 3 aromatic carbocycles. The number of nitrogens with zero attached hydrogens (tertiary/aromatic N) is 4. The van der Waals surface area contributed by atoms with E-state index in [-0.39, 0.29) is 23.1 Å². The number of sulfonamides is 1. The molecule has 2 amide bonds. The zero-order chi connectivity index (χ0) is 31.1. The number of nitrogens with one attached hydrogen (secondary N) is 2. The Labute approximate surface area is 260 Å². The van der Waals surface area contributed by atoms with Crippen LogP contribution in [0.2, 0.25) is 5.02 Å². The molecule has 0 fully saturated rings. The highest BCUT2D eigenvalue weighted by Crippen LogP contribution is 2.25. The van der Waals surface area contributed by atoms with Crippen LogP contribution < -0.4 is 10.6 Å². The summed E-state index contributed by atoms with van der Waals surface area (Å²) in [4.78, 5) is 25.9. The highest BCUT2D eigenvalue weighted by atomic mass is 35.5. The van der Waals surface area contributed by atoms with E-state index in [9.17, 15) is 18.0 Å². The van der Waals surface area contributed by atoms with Gasteiger partial charge in [0.25, 0.3) is 5.91 Å². The molecule has 0 saturated heterocycles. The highest BCUT2D eigenvalue weighted by molar-refractivity contribution is 7.99. The lowest BCUT2D eigenvalue weighted by molar-refractivity contribution is -0.113. The number of thioether (sulfide) groups is 1. The molecule has 0 saturated carbocycles. The molecule has 0 aliphatic heterocycles. The summed E-state index contributed by atoms with van der Waals surface area (Å²) in [5.74, 6) is -0.0924. The van der Waals surface area contributed by atoms with E-state index in [4.69, 9.17) is 11.6 Å². The second-order valence-corrected chi connectivity index (χ2v) is 13.0. The van der Waals surface area contributed by atoms with Crippen LogP contribution in [0, 0.1) is 13.8 Å². The van der Waals surface area contributed by atoms with Gasteiger partial charge in [0.1, 0.15) is 0 Å². The van der Waals surface area contributed by atoms with Crippen LogP contribution in [-0.2, 0) is 21.4 Å². The molecular weight excluding hydrogens is 608 g/mol. The van der Waals surface area contributed by atoms with Crippen molar-refractivity contribution in [3.63, 3.8) is 0 Å². The Morgan fingerprint density at radius 1 is 0.977 bits per heavy atom. The molecule has 1 aromatic heterocycles. The second-order valence-electron chi connectivity index (χ2n) is 9.67. The summed E-state index contributed by atoms with van der Waals surface area (Å²) in [7, 11) is -3.63. The minimum atomic E-state index is -3.63. The van der Waals surface area contributed by atoms with Crippen molar-refractivity contribution in [3.05, 3.63) is 94.3 Å². The van der Waals surface area contributed by atoms with Crippen molar-refractivity contribution >= 4 is 50.9 Å². The van der Waals surface area contributed by atoms with Gasteiger partial charge in [0.2, 0.25) is 15.9 Å². The molecule has 0 aliphatic rings. The molecule has 10 nitrogen and oxygen atoms in total. The quantitative estimate of drug-likeness (QED) is 0.203. The van der Waals surface area contributed by atoms with Crippen LogP contribution in [0.4, 0.5) is 5.69 Å². The first kappa shape index (κ1) is 32.2. The average Bonchev–Trinajstić information content (AvgIpc) is 3.40.